The molecule has 10 heteroatoms. The van der Waals surface area contributed by atoms with Gasteiger partial charge in [-0.05, 0) is 73.4 Å². The number of piperidine rings is 1. The smallest absolute Gasteiger partial charge is 0.242 e. The van der Waals surface area contributed by atoms with E-state index >= 15 is 0 Å². The number of likely N-dealkylation sites (tertiary alicyclic amines) is 1. The molecule has 1 aliphatic heterocycles. The Morgan fingerprint density at radius 2 is 1.61 bits per heavy atom. The maximum Gasteiger partial charge on any atom is 0.242 e. The molecule has 1 saturated carbocycles. The summed E-state index contributed by atoms with van der Waals surface area (Å²) in [4.78, 5) is 30.2. The number of benzene rings is 2. The van der Waals surface area contributed by atoms with Crippen molar-refractivity contribution in [2.75, 3.05) is 31.1 Å². The molecular weight excluding hydrogens is 639 g/mol. The second kappa shape index (κ2) is 19.2. The SMILES string of the molecule is CCCC[C@H](NC(=O)[C@H](Cc1cccc2ccccc12)CS(=O)(=O)CC)C(=O)N[C@@H](CC1CCCCC1)[C@@H](O)[C@@H](O)CN1CCC(C)CC1. The van der Waals surface area contributed by atoms with Crippen molar-refractivity contribution >= 4 is 32.4 Å². The molecule has 274 valence electrons. The zero-order chi connectivity index (χ0) is 35.4. The Morgan fingerprint density at radius 1 is 0.918 bits per heavy atom. The van der Waals surface area contributed by atoms with E-state index in [9.17, 15) is 28.2 Å². The summed E-state index contributed by atoms with van der Waals surface area (Å²) in [6.07, 6.45) is 8.08. The lowest BCUT2D eigenvalue weighted by Crippen LogP contribution is -2.57. The number of fused-ring (bicyclic) bond motifs is 1. The van der Waals surface area contributed by atoms with Crippen molar-refractivity contribution < 1.29 is 28.2 Å². The first-order chi connectivity index (χ1) is 23.5. The van der Waals surface area contributed by atoms with Crippen LogP contribution in [0.3, 0.4) is 0 Å². The lowest BCUT2D eigenvalue weighted by molar-refractivity contribution is -0.132. The number of nitrogens with zero attached hydrogens (tertiary/aromatic N) is 1. The first-order valence-corrected chi connectivity index (χ1v) is 20.7. The number of hydrogen-bond donors (Lipinski definition) is 4. The maximum absolute atomic E-state index is 14.0. The number of aliphatic hydroxyl groups excluding tert-OH is 2. The van der Waals surface area contributed by atoms with Crippen LogP contribution in [0.25, 0.3) is 10.8 Å². The van der Waals surface area contributed by atoms with Crippen molar-refractivity contribution in [3.05, 3.63) is 48.0 Å². The summed E-state index contributed by atoms with van der Waals surface area (Å²) in [5.41, 5.74) is 0.881. The van der Waals surface area contributed by atoms with Gasteiger partial charge >= 0.3 is 0 Å². The molecule has 9 nitrogen and oxygen atoms in total. The van der Waals surface area contributed by atoms with E-state index in [1.807, 2.05) is 49.4 Å². The van der Waals surface area contributed by atoms with E-state index in [0.717, 1.165) is 74.4 Å². The highest BCUT2D eigenvalue weighted by molar-refractivity contribution is 7.91. The number of sulfone groups is 1. The number of aliphatic hydroxyl groups is 2. The summed E-state index contributed by atoms with van der Waals surface area (Å²) in [6, 6.07) is 12.1. The molecular formula is C39H61N3O6S. The van der Waals surface area contributed by atoms with E-state index in [1.165, 1.54) is 6.42 Å². The second-order valence-corrected chi connectivity index (χ2v) is 17.2. The van der Waals surface area contributed by atoms with Crippen LogP contribution in [0.2, 0.25) is 0 Å². The quantitative estimate of drug-likeness (QED) is 0.172. The molecule has 0 unspecified atom stereocenters. The van der Waals surface area contributed by atoms with Gasteiger partial charge in [-0.15, -0.1) is 0 Å². The van der Waals surface area contributed by atoms with Crippen LogP contribution in [-0.2, 0) is 25.8 Å². The third-order valence-electron chi connectivity index (χ3n) is 10.9. The molecule has 2 fully saturated rings. The fourth-order valence-corrected chi connectivity index (χ4v) is 8.71. The zero-order valence-electron chi connectivity index (χ0n) is 30.0. The molecule has 0 radical (unpaired) electrons. The van der Waals surface area contributed by atoms with E-state index in [2.05, 4.69) is 22.5 Å². The van der Waals surface area contributed by atoms with Crippen LogP contribution in [0.5, 0.6) is 0 Å². The van der Waals surface area contributed by atoms with Gasteiger partial charge in [0.2, 0.25) is 11.8 Å². The molecule has 1 aliphatic carbocycles. The van der Waals surface area contributed by atoms with E-state index < -0.39 is 51.9 Å². The molecule has 1 heterocycles. The minimum Gasteiger partial charge on any atom is -0.389 e. The molecule has 4 rings (SSSR count). The highest BCUT2D eigenvalue weighted by atomic mass is 32.2. The molecule has 49 heavy (non-hydrogen) atoms. The molecule has 2 aliphatic rings. The van der Waals surface area contributed by atoms with Crippen LogP contribution in [0.15, 0.2) is 42.5 Å². The van der Waals surface area contributed by atoms with Gasteiger partial charge in [-0.25, -0.2) is 8.42 Å². The molecule has 0 spiro atoms. The summed E-state index contributed by atoms with van der Waals surface area (Å²) in [6.45, 7) is 7.94. The van der Waals surface area contributed by atoms with Crippen molar-refractivity contribution in [1.82, 2.24) is 15.5 Å². The van der Waals surface area contributed by atoms with Gasteiger partial charge in [-0.3, -0.25) is 9.59 Å². The maximum atomic E-state index is 14.0. The summed E-state index contributed by atoms with van der Waals surface area (Å²) < 4.78 is 25.8. The van der Waals surface area contributed by atoms with Crippen molar-refractivity contribution in [2.45, 2.75) is 122 Å². The molecule has 0 aromatic heterocycles. The van der Waals surface area contributed by atoms with Gasteiger partial charge in [0.1, 0.15) is 12.1 Å². The van der Waals surface area contributed by atoms with E-state index in [1.54, 1.807) is 6.92 Å². The number of β-amino-alcohol motifs (C(OH)–C–C–N with tert-alkyl or cyclic N) is 1. The summed E-state index contributed by atoms with van der Waals surface area (Å²) in [5.74, 6) is -1.15. The van der Waals surface area contributed by atoms with Crippen molar-refractivity contribution in [3.63, 3.8) is 0 Å². The van der Waals surface area contributed by atoms with Crippen molar-refractivity contribution in [3.8, 4) is 0 Å². The summed E-state index contributed by atoms with van der Waals surface area (Å²) in [7, 11) is -3.51. The fraction of sp³-hybridized carbons (Fsp3) is 0.692. The Bertz CT molecular complexity index is 1430. The third kappa shape index (κ3) is 12.0. The van der Waals surface area contributed by atoms with Gasteiger partial charge in [0, 0.05) is 12.3 Å². The Balaban J connectivity index is 1.52. The Hall–Kier alpha value is -2.53. The number of nitrogens with one attached hydrogen (secondary N) is 2. The highest BCUT2D eigenvalue weighted by Crippen LogP contribution is 2.29. The van der Waals surface area contributed by atoms with Gasteiger partial charge in [0.05, 0.1) is 23.8 Å². The predicted molar refractivity (Wildman–Crippen MR) is 197 cm³/mol. The topological polar surface area (TPSA) is 136 Å². The number of amides is 2. The first kappa shape index (κ1) is 39.3. The number of hydrogen-bond acceptors (Lipinski definition) is 7. The molecule has 4 N–H and O–H groups in total. The van der Waals surface area contributed by atoms with Crippen molar-refractivity contribution in [1.29, 1.82) is 0 Å². The molecule has 2 aromatic rings. The normalized spacial score (nSPS) is 19.9. The van der Waals surface area contributed by atoms with Crippen LogP contribution in [0.1, 0.15) is 97.0 Å². The monoisotopic (exact) mass is 699 g/mol. The number of carbonyl (C=O) groups is 2. The Labute approximate surface area is 294 Å². The van der Waals surface area contributed by atoms with E-state index in [4.69, 9.17) is 0 Å². The lowest BCUT2D eigenvalue weighted by Gasteiger charge is -2.36. The number of carbonyl (C=O) groups excluding carboxylic acids is 2. The average molecular weight is 700 g/mol. The minimum atomic E-state index is -3.51. The largest absolute Gasteiger partial charge is 0.389 e. The standard InChI is InChI=1S/C39H61N3O6S/c1-4-6-19-34(40-38(45)32(27-49(47,48)5-2)25-31-17-12-16-30-15-10-11-18-33(30)31)39(46)41-35(24-29-13-8-7-9-14-29)37(44)36(43)26-42-22-20-28(3)21-23-42/h10-12,15-18,28-29,32,34-37,43-44H,4-9,13-14,19-27H2,1-3H3,(H,40,45)(H,41,46)/t32-,34+,35+,36+,37-/m1/s1. The van der Waals surface area contributed by atoms with Gasteiger partial charge in [-0.2, -0.15) is 0 Å². The van der Waals surface area contributed by atoms with Gasteiger partial charge in [0.25, 0.3) is 0 Å². The van der Waals surface area contributed by atoms with Crippen molar-refractivity contribution in [2.24, 2.45) is 17.8 Å². The van der Waals surface area contributed by atoms with Crippen LogP contribution >= 0.6 is 0 Å². The number of rotatable bonds is 18. The molecule has 1 saturated heterocycles. The Kier molecular flexibility index (Phi) is 15.4. The number of unbranched alkanes of at least 4 members (excludes halogenated alkanes) is 1. The fourth-order valence-electron chi connectivity index (χ4n) is 7.59. The third-order valence-corrected chi connectivity index (χ3v) is 12.6. The Morgan fingerprint density at radius 3 is 2.31 bits per heavy atom. The lowest BCUT2D eigenvalue weighted by atomic mass is 9.83. The van der Waals surface area contributed by atoms with Crippen LogP contribution in [0, 0.1) is 17.8 Å². The van der Waals surface area contributed by atoms with E-state index in [0.29, 0.717) is 37.6 Å². The average Bonchev–Trinajstić information content (AvgIpc) is 3.10. The molecule has 2 amide bonds. The molecule has 2 aromatic carbocycles. The highest BCUT2D eigenvalue weighted by Gasteiger charge is 2.35. The zero-order valence-corrected chi connectivity index (χ0v) is 30.8. The second-order valence-electron chi connectivity index (χ2n) is 14.8. The van der Waals surface area contributed by atoms with Gasteiger partial charge < -0.3 is 25.7 Å². The first-order valence-electron chi connectivity index (χ1n) is 18.9. The summed E-state index contributed by atoms with van der Waals surface area (Å²) in [5, 5.41) is 30.8. The van der Waals surface area contributed by atoms with Crippen LogP contribution in [0.4, 0.5) is 0 Å². The predicted octanol–water partition coefficient (Wildman–Crippen LogP) is 5.02. The summed E-state index contributed by atoms with van der Waals surface area (Å²) >= 11 is 0. The molecule has 5 atom stereocenters. The van der Waals surface area contributed by atoms with Crippen LogP contribution < -0.4 is 10.6 Å². The van der Waals surface area contributed by atoms with E-state index in [-0.39, 0.29) is 17.9 Å². The van der Waals surface area contributed by atoms with Gasteiger partial charge in [0.15, 0.2) is 9.84 Å². The van der Waals surface area contributed by atoms with Crippen LogP contribution in [-0.4, -0.2) is 90.8 Å². The minimum absolute atomic E-state index is 0.0778. The van der Waals surface area contributed by atoms with Gasteiger partial charge in [-0.1, -0.05) is 108 Å². The molecule has 0 bridgehead atoms.